The summed E-state index contributed by atoms with van der Waals surface area (Å²) in [7, 11) is 0. The maximum Gasteiger partial charge on any atom is 0.271 e. The van der Waals surface area contributed by atoms with E-state index in [1.165, 1.54) is 12.4 Å². The summed E-state index contributed by atoms with van der Waals surface area (Å²) in [5.41, 5.74) is 4.97. The molecule has 1 aliphatic carbocycles. The van der Waals surface area contributed by atoms with Gasteiger partial charge in [0, 0.05) is 12.4 Å². The zero-order valence-electron chi connectivity index (χ0n) is 15.9. The molecule has 148 valence electrons. The van der Waals surface area contributed by atoms with Crippen LogP contribution in [-0.2, 0) is 14.4 Å². The Hall–Kier alpha value is -3.03. The van der Waals surface area contributed by atoms with E-state index in [-0.39, 0.29) is 23.3 Å². The Morgan fingerprint density at radius 2 is 1.79 bits per heavy atom. The quantitative estimate of drug-likeness (QED) is 0.451. The van der Waals surface area contributed by atoms with Crippen LogP contribution in [0.1, 0.15) is 43.5 Å². The van der Waals surface area contributed by atoms with Gasteiger partial charge in [-0.1, -0.05) is 26.0 Å². The van der Waals surface area contributed by atoms with Gasteiger partial charge in [0.1, 0.15) is 6.04 Å². The summed E-state index contributed by atoms with van der Waals surface area (Å²) in [5.74, 6) is -2.44. The summed E-state index contributed by atoms with van der Waals surface area (Å²) in [6.07, 6.45) is 8.06. The van der Waals surface area contributed by atoms with E-state index in [1.807, 2.05) is 26.0 Å². The number of hydrogen-bond donors (Lipinski definition) is 2. The number of amides is 4. The summed E-state index contributed by atoms with van der Waals surface area (Å²) in [6, 6.07) is 2.21. The number of hydrogen-bond acceptors (Lipinski definition) is 5. The molecule has 2 N–H and O–H groups in total. The Morgan fingerprint density at radius 1 is 1.14 bits per heavy atom. The van der Waals surface area contributed by atoms with E-state index in [0.717, 1.165) is 4.90 Å². The number of hydrazine groups is 1. The van der Waals surface area contributed by atoms with Gasteiger partial charge in [0.2, 0.25) is 11.8 Å². The highest BCUT2D eigenvalue weighted by atomic mass is 16.2. The molecule has 3 unspecified atom stereocenters. The lowest BCUT2D eigenvalue weighted by Gasteiger charge is -2.27. The highest BCUT2D eigenvalue weighted by molar-refractivity contribution is 6.08. The van der Waals surface area contributed by atoms with Gasteiger partial charge in [0.25, 0.3) is 11.8 Å². The maximum absolute atomic E-state index is 12.8. The van der Waals surface area contributed by atoms with Crippen LogP contribution >= 0.6 is 0 Å². The number of fused-ring (bicyclic) bond motifs is 1. The first-order valence-corrected chi connectivity index (χ1v) is 9.42. The van der Waals surface area contributed by atoms with Crippen LogP contribution in [0, 0.1) is 17.8 Å². The summed E-state index contributed by atoms with van der Waals surface area (Å²) in [6.45, 7) is 3.82. The number of aromatic nitrogens is 1. The van der Waals surface area contributed by atoms with Gasteiger partial charge in [0.15, 0.2) is 0 Å². The van der Waals surface area contributed by atoms with Gasteiger partial charge in [-0.15, -0.1) is 0 Å². The van der Waals surface area contributed by atoms with Crippen molar-refractivity contribution in [2.45, 2.75) is 39.2 Å². The Bertz CT molecular complexity index is 780. The second kappa shape index (κ2) is 8.33. The first kappa shape index (κ1) is 19.7. The number of imide groups is 1. The molecule has 3 rings (SSSR count). The summed E-state index contributed by atoms with van der Waals surface area (Å²) in [4.78, 5) is 55.5. The lowest BCUT2D eigenvalue weighted by Crippen LogP contribution is -2.54. The minimum Gasteiger partial charge on any atom is -0.274 e. The fourth-order valence-corrected chi connectivity index (χ4v) is 3.68. The zero-order valence-corrected chi connectivity index (χ0v) is 15.9. The van der Waals surface area contributed by atoms with Gasteiger partial charge in [-0.05, 0) is 37.3 Å². The maximum atomic E-state index is 12.8. The number of likely N-dealkylation sites (tertiary alicyclic amines) is 1. The predicted octanol–water partition coefficient (Wildman–Crippen LogP) is 1.21. The van der Waals surface area contributed by atoms with Gasteiger partial charge >= 0.3 is 0 Å². The average Bonchev–Trinajstić information content (AvgIpc) is 2.95. The van der Waals surface area contributed by atoms with Crippen molar-refractivity contribution in [1.29, 1.82) is 0 Å². The first-order valence-electron chi connectivity index (χ1n) is 9.42. The van der Waals surface area contributed by atoms with Crippen LogP contribution in [0.3, 0.4) is 0 Å². The number of allylic oxidation sites excluding steroid dienone is 2. The predicted molar refractivity (Wildman–Crippen MR) is 100 cm³/mol. The topological polar surface area (TPSA) is 108 Å². The molecule has 0 radical (unpaired) electrons. The third-order valence-electron chi connectivity index (χ3n) is 5.07. The van der Waals surface area contributed by atoms with Crippen molar-refractivity contribution in [3.63, 3.8) is 0 Å². The molecule has 1 saturated heterocycles. The molecule has 28 heavy (non-hydrogen) atoms. The Balaban J connectivity index is 1.73. The molecule has 0 spiro atoms. The molecule has 0 bridgehead atoms. The summed E-state index contributed by atoms with van der Waals surface area (Å²) < 4.78 is 0. The van der Waals surface area contributed by atoms with Gasteiger partial charge in [-0.2, -0.15) is 0 Å². The van der Waals surface area contributed by atoms with E-state index in [0.29, 0.717) is 19.3 Å². The first-order chi connectivity index (χ1) is 13.4. The zero-order chi connectivity index (χ0) is 20.3. The number of carbonyl (C=O) groups is 4. The Morgan fingerprint density at radius 3 is 2.32 bits per heavy atom. The molecular weight excluding hydrogens is 360 g/mol. The number of nitrogens with one attached hydrogen (secondary N) is 2. The molecule has 3 atom stereocenters. The van der Waals surface area contributed by atoms with Crippen molar-refractivity contribution in [1.82, 2.24) is 20.7 Å². The summed E-state index contributed by atoms with van der Waals surface area (Å²) in [5, 5.41) is 0. The smallest absolute Gasteiger partial charge is 0.271 e. The van der Waals surface area contributed by atoms with Gasteiger partial charge in [-0.3, -0.25) is 39.9 Å². The van der Waals surface area contributed by atoms with Crippen LogP contribution in [0.5, 0.6) is 0 Å². The van der Waals surface area contributed by atoms with Gasteiger partial charge < -0.3 is 0 Å². The molecule has 1 aromatic rings. The summed E-state index contributed by atoms with van der Waals surface area (Å²) >= 11 is 0. The molecule has 8 heteroatoms. The van der Waals surface area contributed by atoms with Crippen LogP contribution in [0.4, 0.5) is 0 Å². The molecule has 2 aliphatic rings. The number of rotatable bonds is 5. The van der Waals surface area contributed by atoms with Crippen molar-refractivity contribution in [3.8, 4) is 0 Å². The van der Waals surface area contributed by atoms with E-state index in [4.69, 9.17) is 0 Å². The molecule has 1 aromatic heterocycles. The van der Waals surface area contributed by atoms with Crippen LogP contribution < -0.4 is 10.9 Å². The van der Waals surface area contributed by atoms with Crippen LogP contribution in [0.15, 0.2) is 36.7 Å². The van der Waals surface area contributed by atoms with E-state index in [1.54, 1.807) is 12.1 Å². The van der Waals surface area contributed by atoms with E-state index < -0.39 is 29.7 Å². The second-order valence-corrected chi connectivity index (χ2v) is 7.53. The third-order valence-corrected chi connectivity index (χ3v) is 5.07. The lowest BCUT2D eigenvalue weighted by molar-refractivity contribution is -0.148. The van der Waals surface area contributed by atoms with Crippen molar-refractivity contribution in [2.24, 2.45) is 17.8 Å². The van der Waals surface area contributed by atoms with Crippen LogP contribution in [0.2, 0.25) is 0 Å². The minimum absolute atomic E-state index is 0.0751. The molecule has 1 fully saturated rings. The standard InChI is InChI=1S/C20H24N4O4/c1-12(2)10-16(18(26)23-22-17(25)13-6-5-9-21-11-13)24-19(27)14-7-3-4-8-15(14)20(24)28/h3-6,9,11-12,14-16H,7-8,10H2,1-2H3,(H,22,25)(H,23,26). The van der Waals surface area contributed by atoms with E-state index in [2.05, 4.69) is 15.8 Å². The van der Waals surface area contributed by atoms with Gasteiger partial charge in [0.05, 0.1) is 17.4 Å². The highest BCUT2D eigenvalue weighted by Crippen LogP contribution is 2.37. The fraction of sp³-hybridized carbons (Fsp3) is 0.450. The Kier molecular flexibility index (Phi) is 5.87. The van der Waals surface area contributed by atoms with Gasteiger partial charge in [-0.25, -0.2) is 0 Å². The third kappa shape index (κ3) is 3.95. The molecule has 8 nitrogen and oxygen atoms in total. The molecule has 1 aliphatic heterocycles. The molecule has 2 heterocycles. The van der Waals surface area contributed by atoms with E-state index in [9.17, 15) is 19.2 Å². The average molecular weight is 384 g/mol. The van der Waals surface area contributed by atoms with Crippen LogP contribution in [-0.4, -0.2) is 39.6 Å². The molecular formula is C20H24N4O4. The highest BCUT2D eigenvalue weighted by Gasteiger charge is 2.51. The molecule has 0 aromatic carbocycles. The van der Waals surface area contributed by atoms with Crippen molar-refractivity contribution in [2.75, 3.05) is 0 Å². The fourth-order valence-electron chi connectivity index (χ4n) is 3.68. The minimum atomic E-state index is -0.959. The normalized spacial score (nSPS) is 22.2. The SMILES string of the molecule is CC(C)CC(C(=O)NNC(=O)c1cccnc1)N1C(=O)C2CC=CCC2C1=O. The molecule has 4 amide bonds. The van der Waals surface area contributed by atoms with Crippen molar-refractivity contribution < 1.29 is 19.2 Å². The monoisotopic (exact) mass is 384 g/mol. The lowest BCUT2D eigenvalue weighted by atomic mass is 9.85. The number of nitrogens with zero attached hydrogens (tertiary/aromatic N) is 2. The Labute approximate surface area is 163 Å². The number of pyridine rings is 1. The number of carbonyl (C=O) groups excluding carboxylic acids is 4. The second-order valence-electron chi connectivity index (χ2n) is 7.53. The van der Waals surface area contributed by atoms with Crippen molar-refractivity contribution in [3.05, 3.63) is 42.2 Å². The van der Waals surface area contributed by atoms with Crippen LogP contribution in [0.25, 0.3) is 0 Å². The molecule has 0 saturated carbocycles. The largest absolute Gasteiger partial charge is 0.274 e. The van der Waals surface area contributed by atoms with E-state index >= 15 is 0 Å². The van der Waals surface area contributed by atoms with Crippen molar-refractivity contribution >= 4 is 23.6 Å².